The Kier molecular flexibility index (Phi) is 3.09. The molecule has 1 amide bonds. The molecule has 1 fully saturated rings. The van der Waals surface area contributed by atoms with Crippen LogP contribution in [0.15, 0.2) is 36.5 Å². The van der Waals surface area contributed by atoms with E-state index in [9.17, 15) is 4.79 Å². The van der Waals surface area contributed by atoms with E-state index in [0.717, 1.165) is 17.3 Å². The van der Waals surface area contributed by atoms with E-state index in [4.69, 9.17) is 10.00 Å². The molecule has 1 aromatic carbocycles. The van der Waals surface area contributed by atoms with Gasteiger partial charge in [0.05, 0.1) is 12.1 Å². The van der Waals surface area contributed by atoms with Gasteiger partial charge in [0.15, 0.2) is 6.19 Å². The summed E-state index contributed by atoms with van der Waals surface area (Å²) >= 11 is 0. The van der Waals surface area contributed by atoms with Crippen LogP contribution in [0.5, 0.6) is 5.75 Å². The highest BCUT2D eigenvalue weighted by atomic mass is 16.6. The number of pyridine rings is 1. The quantitative estimate of drug-likeness (QED) is 0.741. The van der Waals surface area contributed by atoms with Crippen LogP contribution in [0.2, 0.25) is 0 Å². The first-order valence-electron chi connectivity index (χ1n) is 6.29. The van der Waals surface area contributed by atoms with Gasteiger partial charge in [0.2, 0.25) is 0 Å². The van der Waals surface area contributed by atoms with Crippen molar-refractivity contribution in [3.63, 3.8) is 0 Å². The lowest BCUT2D eigenvalue weighted by Gasteiger charge is -2.21. The number of nitriles is 1. The van der Waals surface area contributed by atoms with Crippen LogP contribution >= 0.6 is 0 Å². The van der Waals surface area contributed by atoms with Gasteiger partial charge < -0.3 is 4.74 Å². The number of ether oxygens (including phenoxy) is 1. The fourth-order valence-corrected chi connectivity index (χ4v) is 2.18. The highest BCUT2D eigenvalue weighted by molar-refractivity contribution is 5.81. The second-order valence-electron chi connectivity index (χ2n) is 4.43. The van der Waals surface area contributed by atoms with Crippen LogP contribution in [-0.4, -0.2) is 34.2 Å². The minimum absolute atomic E-state index is 0.445. The molecule has 1 aromatic heterocycles. The van der Waals surface area contributed by atoms with E-state index in [2.05, 4.69) is 4.98 Å². The first kappa shape index (κ1) is 12.2. The van der Waals surface area contributed by atoms with Crippen LogP contribution in [0.25, 0.3) is 10.9 Å². The molecule has 100 valence electrons. The van der Waals surface area contributed by atoms with Crippen LogP contribution < -0.4 is 4.74 Å². The van der Waals surface area contributed by atoms with Gasteiger partial charge >= 0.3 is 6.09 Å². The zero-order valence-corrected chi connectivity index (χ0v) is 10.7. The number of hydrazine groups is 1. The van der Waals surface area contributed by atoms with Crippen molar-refractivity contribution in [2.24, 2.45) is 0 Å². The average Bonchev–Trinajstić information content (AvgIpc) is 2.95. The van der Waals surface area contributed by atoms with Crippen LogP contribution in [0.3, 0.4) is 0 Å². The Morgan fingerprint density at radius 1 is 1.35 bits per heavy atom. The number of rotatable bonds is 1. The fourth-order valence-electron chi connectivity index (χ4n) is 2.18. The molecule has 2 aromatic rings. The first-order chi connectivity index (χ1) is 9.78. The standard InChI is InChI=1S/C14H12N4O2/c15-10-17-7-2-8-18(17)14(19)20-12-4-5-13-11(9-12)3-1-6-16-13/h1,3-6,9H,2,7-8H2. The second-order valence-corrected chi connectivity index (χ2v) is 4.43. The molecule has 0 atom stereocenters. The van der Waals surface area contributed by atoms with Crippen LogP contribution in [0.1, 0.15) is 6.42 Å². The van der Waals surface area contributed by atoms with Gasteiger partial charge in [-0.05, 0) is 30.7 Å². The van der Waals surface area contributed by atoms with Gasteiger partial charge in [0, 0.05) is 18.1 Å². The van der Waals surface area contributed by atoms with E-state index in [0.29, 0.717) is 18.8 Å². The number of hydrogen-bond donors (Lipinski definition) is 0. The Labute approximate surface area is 115 Å². The third-order valence-electron chi connectivity index (χ3n) is 3.14. The number of carbonyl (C=O) groups is 1. The number of fused-ring (bicyclic) bond motifs is 1. The third-order valence-corrected chi connectivity index (χ3v) is 3.14. The lowest BCUT2D eigenvalue weighted by Crippen LogP contribution is -2.40. The van der Waals surface area contributed by atoms with E-state index < -0.39 is 6.09 Å². The van der Waals surface area contributed by atoms with E-state index in [1.165, 1.54) is 10.0 Å². The van der Waals surface area contributed by atoms with E-state index in [-0.39, 0.29) is 0 Å². The van der Waals surface area contributed by atoms with Crippen molar-refractivity contribution in [1.82, 2.24) is 15.0 Å². The van der Waals surface area contributed by atoms with Gasteiger partial charge in [-0.15, -0.1) is 0 Å². The summed E-state index contributed by atoms with van der Waals surface area (Å²) in [5.74, 6) is 0.445. The smallest absolute Gasteiger partial charge is 0.409 e. The number of aromatic nitrogens is 1. The van der Waals surface area contributed by atoms with Crippen molar-refractivity contribution in [3.05, 3.63) is 36.5 Å². The summed E-state index contributed by atoms with van der Waals surface area (Å²) in [5.41, 5.74) is 0.840. The van der Waals surface area contributed by atoms with Crippen molar-refractivity contribution < 1.29 is 9.53 Å². The maximum atomic E-state index is 12.0. The Morgan fingerprint density at radius 3 is 3.10 bits per heavy atom. The summed E-state index contributed by atoms with van der Waals surface area (Å²) in [6, 6.07) is 8.97. The summed E-state index contributed by atoms with van der Waals surface area (Å²) in [5, 5.41) is 12.4. The lowest BCUT2D eigenvalue weighted by molar-refractivity contribution is 0.0802. The average molecular weight is 268 g/mol. The maximum absolute atomic E-state index is 12.0. The molecule has 0 spiro atoms. The SMILES string of the molecule is N#CN1CCCN1C(=O)Oc1ccc2ncccc2c1. The Hall–Kier alpha value is -2.81. The molecule has 0 aliphatic carbocycles. The first-order valence-corrected chi connectivity index (χ1v) is 6.29. The number of hydrogen-bond acceptors (Lipinski definition) is 5. The zero-order chi connectivity index (χ0) is 13.9. The normalized spacial score (nSPS) is 14.3. The molecule has 1 aliphatic heterocycles. The largest absolute Gasteiger partial charge is 0.434 e. The predicted octanol–water partition coefficient (Wildman–Crippen LogP) is 2.14. The molecule has 0 unspecified atom stereocenters. The summed E-state index contributed by atoms with van der Waals surface area (Å²) in [6.45, 7) is 1.05. The molecule has 0 radical (unpaired) electrons. The highest BCUT2D eigenvalue weighted by Gasteiger charge is 2.27. The van der Waals surface area contributed by atoms with E-state index in [1.807, 2.05) is 18.3 Å². The number of carbonyl (C=O) groups excluding carboxylic acids is 1. The third kappa shape index (κ3) is 2.21. The van der Waals surface area contributed by atoms with Gasteiger partial charge in [0.1, 0.15) is 5.75 Å². The van der Waals surface area contributed by atoms with Crippen LogP contribution in [-0.2, 0) is 0 Å². The maximum Gasteiger partial charge on any atom is 0.434 e. The molecular weight excluding hydrogens is 256 g/mol. The summed E-state index contributed by atoms with van der Waals surface area (Å²) in [7, 11) is 0. The van der Waals surface area contributed by atoms with Gasteiger partial charge in [-0.2, -0.15) is 5.26 Å². The number of benzene rings is 1. The molecule has 6 heteroatoms. The van der Waals surface area contributed by atoms with Crippen molar-refractivity contribution in [2.45, 2.75) is 6.42 Å². The van der Waals surface area contributed by atoms with Crippen LogP contribution in [0, 0.1) is 11.5 Å². The summed E-state index contributed by atoms with van der Waals surface area (Å²) < 4.78 is 5.30. The van der Waals surface area contributed by atoms with Gasteiger partial charge in [-0.3, -0.25) is 4.98 Å². The summed E-state index contributed by atoms with van der Waals surface area (Å²) in [4.78, 5) is 16.2. The monoisotopic (exact) mass is 268 g/mol. The van der Waals surface area contributed by atoms with Gasteiger partial charge in [-0.25, -0.2) is 14.8 Å². The molecule has 6 nitrogen and oxygen atoms in total. The molecule has 0 N–H and O–H groups in total. The fraction of sp³-hybridized carbons (Fsp3) is 0.214. The molecule has 3 rings (SSSR count). The molecule has 1 saturated heterocycles. The molecule has 0 saturated carbocycles. The van der Waals surface area contributed by atoms with Crippen molar-refractivity contribution in [2.75, 3.05) is 13.1 Å². The van der Waals surface area contributed by atoms with Gasteiger partial charge in [0.25, 0.3) is 0 Å². The van der Waals surface area contributed by atoms with Gasteiger partial charge in [-0.1, -0.05) is 6.07 Å². The van der Waals surface area contributed by atoms with Crippen molar-refractivity contribution >= 4 is 17.0 Å². The minimum Gasteiger partial charge on any atom is -0.409 e. The lowest BCUT2D eigenvalue weighted by atomic mass is 10.2. The Morgan fingerprint density at radius 2 is 2.25 bits per heavy atom. The molecule has 1 aliphatic rings. The van der Waals surface area contributed by atoms with Crippen molar-refractivity contribution in [1.29, 1.82) is 5.26 Å². The molecular formula is C14H12N4O2. The zero-order valence-electron chi connectivity index (χ0n) is 10.7. The Balaban J connectivity index is 1.79. The second kappa shape index (κ2) is 5.05. The Bertz CT molecular complexity index is 695. The van der Waals surface area contributed by atoms with Crippen LogP contribution in [0.4, 0.5) is 4.79 Å². The number of nitrogens with zero attached hydrogens (tertiary/aromatic N) is 4. The van der Waals surface area contributed by atoms with Crippen molar-refractivity contribution in [3.8, 4) is 11.9 Å². The summed E-state index contributed by atoms with van der Waals surface area (Å²) in [6.07, 6.45) is 3.90. The topological polar surface area (TPSA) is 69.5 Å². The van der Waals surface area contributed by atoms with E-state index in [1.54, 1.807) is 24.4 Å². The number of amides is 1. The highest BCUT2D eigenvalue weighted by Crippen LogP contribution is 2.20. The molecule has 0 bridgehead atoms. The predicted molar refractivity (Wildman–Crippen MR) is 71.4 cm³/mol. The molecule has 20 heavy (non-hydrogen) atoms. The molecule has 2 heterocycles. The van der Waals surface area contributed by atoms with E-state index >= 15 is 0 Å². The minimum atomic E-state index is -0.535.